The first-order valence-corrected chi connectivity index (χ1v) is 12.8. The number of benzene rings is 2. The van der Waals surface area contributed by atoms with E-state index in [0.717, 1.165) is 16.8 Å². The lowest BCUT2D eigenvalue weighted by Gasteiger charge is -2.37. The van der Waals surface area contributed by atoms with E-state index in [2.05, 4.69) is 0 Å². The van der Waals surface area contributed by atoms with E-state index >= 15 is 0 Å². The average molecular weight is 522 g/mol. The highest BCUT2D eigenvalue weighted by atomic mass is 32.2. The first-order valence-electron chi connectivity index (χ1n) is 12.0. The third-order valence-corrected chi connectivity index (χ3v) is 7.27. The largest absolute Gasteiger partial charge is 0.493 e. The summed E-state index contributed by atoms with van der Waals surface area (Å²) in [6, 6.07) is 14.8. The van der Waals surface area contributed by atoms with E-state index in [1.807, 2.05) is 59.7 Å². The lowest BCUT2D eigenvalue weighted by atomic mass is 9.92. The van der Waals surface area contributed by atoms with Gasteiger partial charge in [-0.05, 0) is 23.5 Å². The number of fused-ring (bicyclic) bond motifs is 1. The Balaban J connectivity index is 1.73. The summed E-state index contributed by atoms with van der Waals surface area (Å²) >= 11 is 1.44. The minimum atomic E-state index is -0.603. The number of hydrogen-bond donors (Lipinski definition) is 0. The summed E-state index contributed by atoms with van der Waals surface area (Å²) in [6.45, 7) is 2.45. The van der Waals surface area contributed by atoms with Gasteiger partial charge in [-0.25, -0.2) is 9.79 Å². The van der Waals surface area contributed by atoms with Crippen LogP contribution in [0.15, 0.2) is 75.9 Å². The molecule has 0 N–H and O–H groups in total. The van der Waals surface area contributed by atoms with Crippen LogP contribution in [0.3, 0.4) is 0 Å². The highest BCUT2D eigenvalue weighted by Crippen LogP contribution is 2.49. The van der Waals surface area contributed by atoms with Gasteiger partial charge in [0.15, 0.2) is 16.7 Å². The first-order chi connectivity index (χ1) is 17.9. The minimum Gasteiger partial charge on any atom is -0.493 e. The van der Waals surface area contributed by atoms with Gasteiger partial charge in [-0.2, -0.15) is 0 Å². The van der Waals surface area contributed by atoms with Gasteiger partial charge in [0.2, 0.25) is 5.91 Å². The Morgan fingerprint density at radius 3 is 2.46 bits per heavy atom. The number of allylic oxidation sites excluding steroid dienone is 1. The third-order valence-electron chi connectivity index (χ3n) is 6.38. The molecular weight excluding hydrogens is 490 g/mol. The Bertz CT molecular complexity index is 1270. The zero-order valence-corrected chi connectivity index (χ0v) is 22.5. The summed E-state index contributed by atoms with van der Waals surface area (Å²) in [5, 5.41) is 2.63. The van der Waals surface area contributed by atoms with E-state index < -0.39 is 12.0 Å². The van der Waals surface area contributed by atoms with Gasteiger partial charge in [0.25, 0.3) is 0 Å². The molecule has 0 aromatic heterocycles. The predicted molar refractivity (Wildman–Crippen MR) is 144 cm³/mol. The van der Waals surface area contributed by atoms with E-state index in [0.29, 0.717) is 40.9 Å². The molecule has 2 aromatic rings. The van der Waals surface area contributed by atoms with Crippen LogP contribution in [-0.2, 0) is 20.9 Å². The molecule has 0 saturated carbocycles. The van der Waals surface area contributed by atoms with Gasteiger partial charge in [-0.3, -0.25) is 4.79 Å². The molecule has 1 atom stereocenters. The van der Waals surface area contributed by atoms with E-state index in [1.165, 1.54) is 18.9 Å². The summed E-state index contributed by atoms with van der Waals surface area (Å²) in [6.07, 6.45) is 0.688. The molecule has 0 spiro atoms. The summed E-state index contributed by atoms with van der Waals surface area (Å²) in [5.74, 6) is 0.538. The molecule has 2 aliphatic rings. The van der Waals surface area contributed by atoms with Crippen molar-refractivity contribution >= 4 is 28.8 Å². The molecule has 0 radical (unpaired) electrons. The maximum Gasteiger partial charge on any atom is 0.338 e. The van der Waals surface area contributed by atoms with Crippen LogP contribution in [0.25, 0.3) is 0 Å². The molecule has 37 heavy (non-hydrogen) atoms. The number of amides is 1. The summed E-state index contributed by atoms with van der Waals surface area (Å²) in [7, 11) is 6.29. The van der Waals surface area contributed by atoms with Crippen LogP contribution in [-0.4, -0.2) is 55.2 Å². The fourth-order valence-corrected chi connectivity index (χ4v) is 5.51. The number of ether oxygens (including phenoxy) is 3. The molecule has 2 aromatic carbocycles. The number of thioether (sulfide) groups is 1. The second kappa shape index (κ2) is 11.6. The van der Waals surface area contributed by atoms with Crippen molar-refractivity contribution < 1.29 is 23.8 Å². The number of para-hydroxylation sites is 1. The SMILES string of the molecule is CCC1=C(C(=O)OC)C(c2cccc(OC)c2OC)N2C(CC(=O)N(C)Cc3ccccc3)=CSC2=N1. The Labute approximate surface area is 221 Å². The number of esters is 1. The quantitative estimate of drug-likeness (QED) is 0.435. The zero-order valence-electron chi connectivity index (χ0n) is 21.7. The number of aliphatic imine (C=N–C) groups is 1. The number of methoxy groups -OCH3 is 3. The number of hydrogen-bond acceptors (Lipinski definition) is 8. The molecule has 8 nitrogen and oxygen atoms in total. The van der Waals surface area contributed by atoms with Crippen molar-refractivity contribution in [2.45, 2.75) is 32.4 Å². The molecular formula is C28H31N3O5S. The molecule has 1 unspecified atom stereocenters. The van der Waals surface area contributed by atoms with E-state index in [4.69, 9.17) is 19.2 Å². The predicted octanol–water partition coefficient (Wildman–Crippen LogP) is 4.89. The molecule has 0 saturated heterocycles. The Hall–Kier alpha value is -3.72. The molecule has 0 bridgehead atoms. The van der Waals surface area contributed by atoms with Gasteiger partial charge in [-0.1, -0.05) is 61.2 Å². The van der Waals surface area contributed by atoms with Crippen molar-refractivity contribution in [2.24, 2.45) is 4.99 Å². The number of rotatable bonds is 9. The molecule has 2 heterocycles. The van der Waals surface area contributed by atoms with Crippen LogP contribution in [0.5, 0.6) is 11.5 Å². The molecule has 0 fully saturated rings. The van der Waals surface area contributed by atoms with Crippen LogP contribution in [0.4, 0.5) is 0 Å². The van der Waals surface area contributed by atoms with Crippen LogP contribution in [0.2, 0.25) is 0 Å². The van der Waals surface area contributed by atoms with Gasteiger partial charge in [0.1, 0.15) is 0 Å². The standard InChI is InChI=1S/C28H31N3O5S/c1-6-21-24(27(33)36-5)25(20-13-10-14-22(34-3)26(20)35-4)31-19(17-37-28(31)29-21)15-23(32)30(2)16-18-11-8-7-9-12-18/h7-14,17,25H,6,15-16H2,1-5H3. The average Bonchev–Trinajstić information content (AvgIpc) is 3.33. The van der Waals surface area contributed by atoms with Crippen molar-refractivity contribution in [1.82, 2.24) is 9.80 Å². The van der Waals surface area contributed by atoms with Gasteiger partial charge < -0.3 is 24.0 Å². The number of nitrogens with zero attached hydrogens (tertiary/aromatic N) is 3. The van der Waals surface area contributed by atoms with E-state index in [9.17, 15) is 9.59 Å². The second-order valence-corrected chi connectivity index (χ2v) is 9.43. The minimum absolute atomic E-state index is 0.0433. The fraction of sp³-hybridized carbons (Fsp3) is 0.321. The zero-order chi connectivity index (χ0) is 26.5. The lowest BCUT2D eigenvalue weighted by Crippen LogP contribution is -2.38. The van der Waals surface area contributed by atoms with Crippen molar-refractivity contribution in [3.8, 4) is 11.5 Å². The van der Waals surface area contributed by atoms with Crippen LogP contribution >= 0.6 is 11.8 Å². The lowest BCUT2D eigenvalue weighted by molar-refractivity contribution is -0.136. The Morgan fingerprint density at radius 1 is 1.05 bits per heavy atom. The first kappa shape index (κ1) is 26.3. The third kappa shape index (κ3) is 5.22. The Kier molecular flexibility index (Phi) is 8.23. The monoisotopic (exact) mass is 521 g/mol. The van der Waals surface area contributed by atoms with Crippen molar-refractivity contribution in [1.29, 1.82) is 0 Å². The molecule has 4 rings (SSSR count). The molecule has 194 valence electrons. The molecule has 2 aliphatic heterocycles. The topological polar surface area (TPSA) is 80.7 Å². The smallest absolute Gasteiger partial charge is 0.338 e. The van der Waals surface area contributed by atoms with E-state index in [1.54, 1.807) is 32.2 Å². The normalized spacial score (nSPS) is 16.6. The van der Waals surface area contributed by atoms with Crippen LogP contribution in [0.1, 0.15) is 36.9 Å². The van der Waals surface area contributed by atoms with E-state index in [-0.39, 0.29) is 12.3 Å². The molecule has 1 amide bonds. The van der Waals surface area contributed by atoms with Gasteiger partial charge in [0.05, 0.1) is 45.1 Å². The summed E-state index contributed by atoms with van der Waals surface area (Å²) in [5.41, 5.74) is 3.58. The van der Waals surface area contributed by atoms with Crippen LogP contribution < -0.4 is 9.47 Å². The van der Waals surface area contributed by atoms with Gasteiger partial charge >= 0.3 is 5.97 Å². The van der Waals surface area contributed by atoms with Crippen LogP contribution in [0, 0.1) is 0 Å². The maximum atomic E-state index is 13.3. The van der Waals surface area contributed by atoms with Crippen molar-refractivity contribution in [3.63, 3.8) is 0 Å². The fourth-order valence-electron chi connectivity index (χ4n) is 4.57. The summed E-state index contributed by atoms with van der Waals surface area (Å²) < 4.78 is 16.5. The number of amidine groups is 1. The van der Waals surface area contributed by atoms with Gasteiger partial charge in [0, 0.05) is 24.9 Å². The van der Waals surface area contributed by atoms with Gasteiger partial charge in [-0.15, -0.1) is 0 Å². The highest BCUT2D eigenvalue weighted by molar-refractivity contribution is 8.16. The Morgan fingerprint density at radius 2 is 1.81 bits per heavy atom. The number of carbonyl (C=O) groups is 2. The van der Waals surface area contributed by atoms with Crippen molar-refractivity contribution in [3.05, 3.63) is 82.0 Å². The number of carbonyl (C=O) groups excluding carboxylic acids is 2. The molecule has 0 aliphatic carbocycles. The summed E-state index contributed by atoms with van der Waals surface area (Å²) in [4.78, 5) is 34.9. The highest BCUT2D eigenvalue weighted by Gasteiger charge is 2.43. The maximum absolute atomic E-state index is 13.3. The molecule has 9 heteroatoms. The second-order valence-electron chi connectivity index (χ2n) is 8.59. The van der Waals surface area contributed by atoms with Crippen molar-refractivity contribution in [2.75, 3.05) is 28.4 Å².